The highest BCUT2D eigenvalue weighted by Crippen LogP contribution is 2.31. The number of hydrogen-bond acceptors (Lipinski definition) is 7. The van der Waals surface area contributed by atoms with Crippen molar-refractivity contribution in [3.05, 3.63) is 102 Å². The predicted octanol–water partition coefficient (Wildman–Crippen LogP) is 4.98. The molecule has 2 aromatic heterocycles. The molecule has 0 bridgehead atoms. The summed E-state index contributed by atoms with van der Waals surface area (Å²) in [5.41, 5.74) is 1.94. The van der Waals surface area contributed by atoms with Crippen molar-refractivity contribution in [2.24, 2.45) is 5.92 Å². The fraction of sp³-hybridized carbons (Fsp3) is 0.303. The molecule has 0 unspecified atom stereocenters. The van der Waals surface area contributed by atoms with Gasteiger partial charge in [-0.2, -0.15) is 4.39 Å². The molecule has 44 heavy (non-hydrogen) atoms. The summed E-state index contributed by atoms with van der Waals surface area (Å²) >= 11 is 0. The minimum absolute atomic E-state index is 0.0880. The number of pyridine rings is 1. The molecule has 0 radical (unpaired) electrons. The largest absolute Gasteiger partial charge is 0.452 e. The van der Waals surface area contributed by atoms with Gasteiger partial charge in [0.1, 0.15) is 17.6 Å². The topological polar surface area (TPSA) is 101 Å². The number of halogens is 2. The molecule has 0 aliphatic carbocycles. The molecule has 4 aromatic rings. The standard InChI is InChI=1S/C33H34F2N6O3/c1-21(2)33(43)41-22(3)18-40(19-25-26(34)7-4-8-28(25)44-29-9-5-14-36-30(29)35)20-27(41)32(42)39-17-23-10-12-24(13-11-23)31-37-15-6-16-38-31/h4-16,21-22,27H,17-20H2,1-3H3,(H,39,42)/t22-,27-/m1/s1. The molecule has 1 aliphatic rings. The van der Waals surface area contributed by atoms with Gasteiger partial charge in [-0.1, -0.05) is 44.2 Å². The highest BCUT2D eigenvalue weighted by molar-refractivity contribution is 5.89. The number of nitrogens with zero attached hydrogens (tertiary/aromatic N) is 5. The normalized spacial score (nSPS) is 17.0. The molecule has 11 heteroatoms. The molecule has 5 rings (SSSR count). The predicted molar refractivity (Wildman–Crippen MR) is 160 cm³/mol. The lowest BCUT2D eigenvalue weighted by molar-refractivity contribution is -0.150. The van der Waals surface area contributed by atoms with Crippen molar-refractivity contribution in [1.29, 1.82) is 0 Å². The lowest BCUT2D eigenvalue weighted by Gasteiger charge is -2.45. The number of rotatable bonds is 9. The Hall–Kier alpha value is -4.77. The first-order chi connectivity index (χ1) is 21.2. The zero-order chi connectivity index (χ0) is 31.2. The van der Waals surface area contributed by atoms with E-state index in [0.29, 0.717) is 12.4 Å². The number of aromatic nitrogens is 3. The van der Waals surface area contributed by atoms with E-state index >= 15 is 4.39 Å². The summed E-state index contributed by atoms with van der Waals surface area (Å²) in [7, 11) is 0. The average Bonchev–Trinajstić information content (AvgIpc) is 3.02. The molecule has 2 aromatic carbocycles. The van der Waals surface area contributed by atoms with Gasteiger partial charge < -0.3 is 15.0 Å². The van der Waals surface area contributed by atoms with Gasteiger partial charge in [0.2, 0.25) is 11.8 Å². The van der Waals surface area contributed by atoms with Gasteiger partial charge in [0.25, 0.3) is 5.95 Å². The van der Waals surface area contributed by atoms with Crippen molar-refractivity contribution in [3.8, 4) is 22.9 Å². The Morgan fingerprint density at radius 2 is 1.64 bits per heavy atom. The van der Waals surface area contributed by atoms with E-state index in [1.165, 1.54) is 30.5 Å². The van der Waals surface area contributed by atoms with Crippen molar-refractivity contribution in [1.82, 2.24) is 30.1 Å². The fourth-order valence-corrected chi connectivity index (χ4v) is 5.29. The fourth-order valence-electron chi connectivity index (χ4n) is 5.29. The average molecular weight is 601 g/mol. The van der Waals surface area contributed by atoms with Gasteiger partial charge in [-0.15, -0.1) is 0 Å². The van der Waals surface area contributed by atoms with E-state index in [1.807, 2.05) is 36.1 Å². The second kappa shape index (κ2) is 13.7. The van der Waals surface area contributed by atoms with Crippen LogP contribution < -0.4 is 10.1 Å². The molecule has 1 N–H and O–H groups in total. The molecule has 3 heterocycles. The number of benzene rings is 2. The van der Waals surface area contributed by atoms with Gasteiger partial charge in [0.15, 0.2) is 11.6 Å². The Balaban J connectivity index is 1.33. The van der Waals surface area contributed by atoms with Gasteiger partial charge in [-0.3, -0.25) is 14.5 Å². The van der Waals surface area contributed by atoms with Gasteiger partial charge in [-0.25, -0.2) is 19.3 Å². The molecular weight excluding hydrogens is 566 g/mol. The first kappa shape index (κ1) is 30.7. The lowest BCUT2D eigenvalue weighted by Crippen LogP contribution is -2.64. The highest BCUT2D eigenvalue weighted by Gasteiger charge is 2.40. The van der Waals surface area contributed by atoms with Crippen LogP contribution in [0.25, 0.3) is 11.4 Å². The third-order valence-corrected chi connectivity index (χ3v) is 7.46. The zero-order valence-corrected chi connectivity index (χ0v) is 24.8. The Bertz CT molecular complexity index is 1600. The first-order valence-electron chi connectivity index (χ1n) is 14.5. The minimum Gasteiger partial charge on any atom is -0.452 e. The maximum absolute atomic E-state index is 15.1. The third kappa shape index (κ3) is 7.05. The number of carbonyl (C=O) groups is 2. The minimum atomic E-state index is -0.808. The van der Waals surface area contributed by atoms with E-state index in [1.54, 1.807) is 43.3 Å². The van der Waals surface area contributed by atoms with Crippen LogP contribution in [0.4, 0.5) is 8.78 Å². The van der Waals surface area contributed by atoms with Crippen LogP contribution in [-0.2, 0) is 22.7 Å². The monoisotopic (exact) mass is 600 g/mol. The molecule has 1 fully saturated rings. The van der Waals surface area contributed by atoms with Gasteiger partial charge in [-0.05, 0) is 42.8 Å². The van der Waals surface area contributed by atoms with Gasteiger partial charge in [0.05, 0.1) is 0 Å². The van der Waals surface area contributed by atoms with Crippen LogP contribution >= 0.6 is 0 Å². The summed E-state index contributed by atoms with van der Waals surface area (Å²) in [5, 5.41) is 2.98. The summed E-state index contributed by atoms with van der Waals surface area (Å²) in [5.74, 6) is -1.45. The molecule has 0 saturated carbocycles. The van der Waals surface area contributed by atoms with Crippen molar-refractivity contribution in [2.75, 3.05) is 13.1 Å². The second-order valence-corrected chi connectivity index (χ2v) is 11.1. The highest BCUT2D eigenvalue weighted by atomic mass is 19.1. The summed E-state index contributed by atoms with van der Waals surface area (Å²) in [6.07, 6.45) is 4.65. The van der Waals surface area contributed by atoms with Gasteiger partial charge >= 0.3 is 0 Å². The van der Waals surface area contributed by atoms with E-state index in [4.69, 9.17) is 4.74 Å². The Kier molecular flexibility index (Phi) is 9.54. The van der Waals surface area contributed by atoms with E-state index < -0.39 is 17.8 Å². The maximum atomic E-state index is 15.1. The molecular formula is C33H34F2N6O3. The molecule has 228 valence electrons. The smallest absolute Gasteiger partial charge is 0.255 e. The van der Waals surface area contributed by atoms with Crippen molar-refractivity contribution >= 4 is 11.8 Å². The van der Waals surface area contributed by atoms with Crippen LogP contribution in [0.1, 0.15) is 31.9 Å². The van der Waals surface area contributed by atoms with E-state index in [-0.39, 0.29) is 60.5 Å². The number of ether oxygens (including phenoxy) is 1. The number of piperazine rings is 1. The lowest BCUT2D eigenvalue weighted by atomic mass is 10.0. The Morgan fingerprint density at radius 3 is 2.34 bits per heavy atom. The molecule has 2 amide bonds. The van der Waals surface area contributed by atoms with E-state index in [0.717, 1.165) is 11.1 Å². The van der Waals surface area contributed by atoms with Gasteiger partial charge in [0, 0.05) is 67.9 Å². The van der Waals surface area contributed by atoms with Crippen LogP contribution in [0.15, 0.2) is 79.3 Å². The molecule has 1 saturated heterocycles. The van der Waals surface area contributed by atoms with Crippen molar-refractivity contribution in [2.45, 2.75) is 45.9 Å². The number of carbonyl (C=O) groups excluding carboxylic acids is 2. The van der Waals surface area contributed by atoms with Crippen LogP contribution in [0.3, 0.4) is 0 Å². The van der Waals surface area contributed by atoms with Crippen molar-refractivity contribution in [3.63, 3.8) is 0 Å². The van der Waals surface area contributed by atoms with Crippen LogP contribution in [-0.4, -0.2) is 61.7 Å². The summed E-state index contributed by atoms with van der Waals surface area (Å²) in [6, 6.07) is 15.5. The van der Waals surface area contributed by atoms with Crippen molar-refractivity contribution < 1.29 is 23.1 Å². The summed E-state index contributed by atoms with van der Waals surface area (Å²) in [6.45, 7) is 6.40. The third-order valence-electron chi connectivity index (χ3n) is 7.46. The number of hydrogen-bond donors (Lipinski definition) is 1. The Morgan fingerprint density at radius 1 is 0.932 bits per heavy atom. The van der Waals surface area contributed by atoms with Crippen LogP contribution in [0, 0.1) is 17.7 Å². The van der Waals surface area contributed by atoms with Crippen LogP contribution in [0.2, 0.25) is 0 Å². The van der Waals surface area contributed by atoms with E-state index in [9.17, 15) is 14.0 Å². The molecule has 2 atom stereocenters. The Labute approximate surface area is 254 Å². The quantitative estimate of drug-likeness (QED) is 0.271. The first-order valence-corrected chi connectivity index (χ1v) is 14.5. The van der Waals surface area contributed by atoms with Crippen LogP contribution in [0.5, 0.6) is 11.5 Å². The zero-order valence-electron chi connectivity index (χ0n) is 24.8. The molecule has 9 nitrogen and oxygen atoms in total. The SMILES string of the molecule is CC(C)C(=O)N1[C@H](C)CN(Cc2c(F)cccc2Oc2cccnc2F)C[C@@H]1C(=O)NCc1ccc(-c2ncccn2)cc1. The summed E-state index contributed by atoms with van der Waals surface area (Å²) < 4.78 is 35.1. The molecule has 1 aliphatic heterocycles. The second-order valence-electron chi connectivity index (χ2n) is 11.1. The summed E-state index contributed by atoms with van der Waals surface area (Å²) in [4.78, 5) is 42.6. The number of nitrogens with one attached hydrogen (secondary N) is 1. The van der Waals surface area contributed by atoms with E-state index in [2.05, 4.69) is 20.3 Å². The number of amides is 2. The molecule has 0 spiro atoms. The maximum Gasteiger partial charge on any atom is 0.255 e.